The van der Waals surface area contributed by atoms with Crippen molar-refractivity contribution in [2.75, 3.05) is 36.4 Å². The summed E-state index contributed by atoms with van der Waals surface area (Å²) in [6, 6.07) is 5.34. The van der Waals surface area contributed by atoms with E-state index in [0.717, 1.165) is 5.56 Å². The van der Waals surface area contributed by atoms with Crippen LogP contribution < -0.4 is 10.2 Å². The molecule has 136 valence electrons. The van der Waals surface area contributed by atoms with Gasteiger partial charge in [0.2, 0.25) is 5.91 Å². The minimum atomic E-state index is -0.337. The molecule has 26 heavy (non-hydrogen) atoms. The predicted octanol–water partition coefficient (Wildman–Crippen LogP) is 2.36. The van der Waals surface area contributed by atoms with E-state index in [1.54, 1.807) is 36.2 Å². The van der Waals surface area contributed by atoms with Crippen LogP contribution in [0.15, 0.2) is 30.6 Å². The van der Waals surface area contributed by atoms with E-state index in [1.165, 1.54) is 6.20 Å². The van der Waals surface area contributed by atoms with E-state index in [1.807, 2.05) is 6.92 Å². The summed E-state index contributed by atoms with van der Waals surface area (Å²) in [4.78, 5) is 36.2. The number of amides is 2. The van der Waals surface area contributed by atoms with Crippen LogP contribution in [0.3, 0.4) is 0 Å². The van der Waals surface area contributed by atoms with Crippen LogP contribution in [0.1, 0.15) is 23.0 Å². The van der Waals surface area contributed by atoms with E-state index in [4.69, 9.17) is 11.6 Å². The van der Waals surface area contributed by atoms with Crippen molar-refractivity contribution in [2.45, 2.75) is 13.8 Å². The van der Waals surface area contributed by atoms with Gasteiger partial charge in [0.05, 0.1) is 12.4 Å². The van der Waals surface area contributed by atoms with Crippen LogP contribution in [0.2, 0.25) is 5.02 Å². The molecular formula is C18H20ClN5O2. The molecule has 8 heteroatoms. The average Bonchev–Trinajstić information content (AvgIpc) is 2.65. The fourth-order valence-corrected chi connectivity index (χ4v) is 2.96. The first-order valence-corrected chi connectivity index (χ1v) is 8.72. The maximum atomic E-state index is 12.4. The number of nitrogens with one attached hydrogen (secondary N) is 1. The lowest BCUT2D eigenvalue weighted by Crippen LogP contribution is -2.48. The third-order valence-corrected chi connectivity index (χ3v) is 4.85. The van der Waals surface area contributed by atoms with Gasteiger partial charge in [-0.1, -0.05) is 17.7 Å². The molecule has 0 aliphatic carbocycles. The maximum absolute atomic E-state index is 12.4. The van der Waals surface area contributed by atoms with Gasteiger partial charge in [0.1, 0.15) is 11.5 Å². The van der Waals surface area contributed by atoms with Crippen LogP contribution in [0.25, 0.3) is 0 Å². The number of halogens is 1. The van der Waals surface area contributed by atoms with Gasteiger partial charge in [-0.15, -0.1) is 0 Å². The van der Waals surface area contributed by atoms with Crippen LogP contribution >= 0.6 is 11.6 Å². The van der Waals surface area contributed by atoms with Gasteiger partial charge in [-0.05, 0) is 24.6 Å². The molecule has 0 saturated carbocycles. The number of carbonyl (C=O) groups excluding carboxylic acids is 2. The number of piperazine rings is 1. The van der Waals surface area contributed by atoms with E-state index in [0.29, 0.717) is 42.7 Å². The minimum absolute atomic E-state index is 0.0825. The largest absolute Gasteiger partial charge is 0.352 e. The molecule has 1 aliphatic heterocycles. The van der Waals surface area contributed by atoms with Crippen molar-refractivity contribution >= 4 is 34.9 Å². The lowest BCUT2D eigenvalue weighted by atomic mass is 10.2. The van der Waals surface area contributed by atoms with Gasteiger partial charge >= 0.3 is 0 Å². The molecular weight excluding hydrogens is 354 g/mol. The summed E-state index contributed by atoms with van der Waals surface area (Å²) in [5.41, 5.74) is 1.68. The summed E-state index contributed by atoms with van der Waals surface area (Å²) in [7, 11) is 0. The second kappa shape index (κ2) is 7.70. The zero-order valence-corrected chi connectivity index (χ0v) is 15.5. The number of carbonyl (C=O) groups is 2. The summed E-state index contributed by atoms with van der Waals surface area (Å²) >= 11 is 6.07. The number of hydrogen-bond acceptors (Lipinski definition) is 5. The minimum Gasteiger partial charge on any atom is -0.352 e. The van der Waals surface area contributed by atoms with Crippen molar-refractivity contribution in [1.82, 2.24) is 14.9 Å². The number of aromatic nitrogens is 2. The molecule has 1 aliphatic rings. The van der Waals surface area contributed by atoms with Crippen molar-refractivity contribution in [3.8, 4) is 0 Å². The van der Waals surface area contributed by atoms with Crippen molar-refractivity contribution in [1.29, 1.82) is 0 Å². The van der Waals surface area contributed by atoms with Gasteiger partial charge in [-0.3, -0.25) is 9.59 Å². The highest BCUT2D eigenvalue weighted by molar-refractivity contribution is 6.31. The standard InChI is InChI=1S/C18H20ClN5O2/c1-12-14(19)4-3-5-15(12)22-18(26)16-10-21-17(11-20-16)24-8-6-23(7-9-24)13(2)25/h3-5,10-11H,6-9H2,1-2H3,(H,22,26). The zero-order valence-electron chi connectivity index (χ0n) is 14.7. The summed E-state index contributed by atoms with van der Waals surface area (Å²) in [6.45, 7) is 6.13. The van der Waals surface area contributed by atoms with Gasteiger partial charge in [-0.2, -0.15) is 0 Å². The lowest BCUT2D eigenvalue weighted by Gasteiger charge is -2.34. The highest BCUT2D eigenvalue weighted by atomic mass is 35.5. The second-order valence-electron chi connectivity index (χ2n) is 6.12. The Morgan fingerprint density at radius 3 is 2.46 bits per heavy atom. The molecule has 2 amide bonds. The molecule has 1 saturated heterocycles. The zero-order chi connectivity index (χ0) is 18.7. The highest BCUT2D eigenvalue weighted by Gasteiger charge is 2.20. The molecule has 0 unspecified atom stereocenters. The first-order chi connectivity index (χ1) is 12.5. The summed E-state index contributed by atoms with van der Waals surface area (Å²) in [5, 5.41) is 3.39. The van der Waals surface area contributed by atoms with Crippen molar-refractivity contribution in [2.24, 2.45) is 0 Å². The molecule has 1 aromatic heterocycles. The van der Waals surface area contributed by atoms with Crippen LogP contribution in [-0.4, -0.2) is 52.9 Å². The highest BCUT2D eigenvalue weighted by Crippen LogP contribution is 2.23. The van der Waals surface area contributed by atoms with E-state index < -0.39 is 0 Å². The predicted molar refractivity (Wildman–Crippen MR) is 101 cm³/mol. The maximum Gasteiger partial charge on any atom is 0.275 e. The Morgan fingerprint density at radius 1 is 1.12 bits per heavy atom. The van der Waals surface area contributed by atoms with E-state index in [9.17, 15) is 9.59 Å². The molecule has 0 atom stereocenters. The van der Waals surface area contributed by atoms with Crippen LogP contribution in [0.5, 0.6) is 0 Å². The smallest absolute Gasteiger partial charge is 0.275 e. The average molecular weight is 374 g/mol. The van der Waals surface area contributed by atoms with Crippen molar-refractivity contribution < 1.29 is 9.59 Å². The molecule has 0 bridgehead atoms. The molecule has 7 nitrogen and oxygen atoms in total. The van der Waals surface area contributed by atoms with Gasteiger partial charge < -0.3 is 15.1 Å². The van der Waals surface area contributed by atoms with Crippen molar-refractivity contribution in [3.05, 3.63) is 46.9 Å². The van der Waals surface area contributed by atoms with Crippen molar-refractivity contribution in [3.63, 3.8) is 0 Å². The Labute approximate surface area is 157 Å². The summed E-state index contributed by atoms with van der Waals surface area (Å²) < 4.78 is 0. The number of anilines is 2. The van der Waals surface area contributed by atoms with Crippen LogP contribution in [0, 0.1) is 6.92 Å². The summed E-state index contributed by atoms with van der Waals surface area (Å²) in [5.74, 6) is 0.443. The second-order valence-corrected chi connectivity index (χ2v) is 6.53. The Morgan fingerprint density at radius 2 is 1.85 bits per heavy atom. The monoisotopic (exact) mass is 373 g/mol. The van der Waals surface area contributed by atoms with E-state index in [2.05, 4.69) is 20.2 Å². The number of rotatable bonds is 3. The number of nitrogens with zero attached hydrogens (tertiary/aromatic N) is 4. The van der Waals surface area contributed by atoms with Crippen LogP contribution in [-0.2, 0) is 4.79 Å². The topological polar surface area (TPSA) is 78.4 Å². The molecule has 1 aromatic carbocycles. The molecule has 2 aromatic rings. The molecule has 0 spiro atoms. The summed E-state index contributed by atoms with van der Waals surface area (Å²) in [6.07, 6.45) is 3.05. The lowest BCUT2D eigenvalue weighted by molar-refractivity contribution is -0.129. The fourth-order valence-electron chi connectivity index (χ4n) is 2.78. The number of hydrogen-bond donors (Lipinski definition) is 1. The van der Waals surface area contributed by atoms with E-state index in [-0.39, 0.29) is 17.5 Å². The molecule has 0 radical (unpaired) electrons. The molecule has 3 rings (SSSR count). The Hall–Kier alpha value is -2.67. The Kier molecular flexibility index (Phi) is 5.37. The molecule has 2 heterocycles. The fraction of sp³-hybridized carbons (Fsp3) is 0.333. The quantitative estimate of drug-likeness (QED) is 0.893. The van der Waals surface area contributed by atoms with Gasteiger partial charge in [0.15, 0.2) is 0 Å². The van der Waals surface area contributed by atoms with Gasteiger partial charge in [0, 0.05) is 43.8 Å². The molecule has 1 fully saturated rings. The normalized spacial score (nSPS) is 14.3. The Bertz CT molecular complexity index is 817. The third-order valence-electron chi connectivity index (χ3n) is 4.44. The Balaban J connectivity index is 1.65. The van der Waals surface area contributed by atoms with Crippen LogP contribution in [0.4, 0.5) is 11.5 Å². The third kappa shape index (κ3) is 3.94. The first-order valence-electron chi connectivity index (χ1n) is 8.34. The van der Waals surface area contributed by atoms with Gasteiger partial charge in [-0.25, -0.2) is 9.97 Å². The molecule has 1 N–H and O–H groups in total. The van der Waals surface area contributed by atoms with E-state index >= 15 is 0 Å². The SMILES string of the molecule is CC(=O)N1CCN(c2cnc(C(=O)Nc3cccc(Cl)c3C)cn2)CC1. The number of benzene rings is 1. The van der Waals surface area contributed by atoms with Gasteiger partial charge in [0.25, 0.3) is 5.91 Å². The first kappa shape index (κ1) is 18.1.